The summed E-state index contributed by atoms with van der Waals surface area (Å²) in [6.45, 7) is -0.267. The lowest BCUT2D eigenvalue weighted by Crippen LogP contribution is -2.31. The maximum atomic E-state index is 13.8. The van der Waals surface area contributed by atoms with E-state index in [1.807, 2.05) is 5.38 Å². The molecule has 2 amide bonds. The van der Waals surface area contributed by atoms with Crippen LogP contribution in [-0.4, -0.2) is 30.1 Å². The SMILES string of the molecule is O=C1c2cccnc2C(=O)N1Cc1ccc(F)cc1S(=O)(=O)NCc1cccs1. The fourth-order valence-corrected chi connectivity index (χ4v) is 4.98. The molecule has 2 aromatic heterocycles. The van der Waals surface area contributed by atoms with Crippen LogP contribution in [0.1, 0.15) is 31.3 Å². The Balaban J connectivity index is 1.64. The van der Waals surface area contributed by atoms with Gasteiger partial charge in [-0.25, -0.2) is 17.5 Å². The van der Waals surface area contributed by atoms with E-state index in [9.17, 15) is 22.4 Å². The largest absolute Gasteiger partial charge is 0.280 e. The minimum absolute atomic E-state index is 0.0137. The number of aromatic nitrogens is 1. The van der Waals surface area contributed by atoms with Crippen molar-refractivity contribution in [2.45, 2.75) is 18.0 Å². The molecule has 0 aliphatic carbocycles. The number of hydrogen-bond donors (Lipinski definition) is 1. The summed E-state index contributed by atoms with van der Waals surface area (Å²) >= 11 is 1.38. The Kier molecular flexibility index (Phi) is 4.99. The molecule has 1 N–H and O–H groups in total. The number of rotatable bonds is 6. The summed E-state index contributed by atoms with van der Waals surface area (Å²) in [6.07, 6.45) is 1.40. The minimum Gasteiger partial charge on any atom is -0.268 e. The van der Waals surface area contributed by atoms with Gasteiger partial charge in [-0.1, -0.05) is 12.1 Å². The highest BCUT2D eigenvalue weighted by Gasteiger charge is 2.37. The molecular weight excluding hydrogens is 417 g/mol. The number of carbonyl (C=O) groups is 2. The molecule has 1 aromatic carbocycles. The normalized spacial score (nSPS) is 13.8. The molecular formula is C19H14FN3O4S2. The first kappa shape index (κ1) is 19.4. The lowest BCUT2D eigenvalue weighted by atomic mass is 10.2. The Morgan fingerprint density at radius 1 is 1.10 bits per heavy atom. The van der Waals surface area contributed by atoms with E-state index < -0.39 is 27.7 Å². The second kappa shape index (κ2) is 7.47. The van der Waals surface area contributed by atoms with E-state index >= 15 is 0 Å². The number of carbonyl (C=O) groups excluding carboxylic acids is 2. The van der Waals surface area contributed by atoms with Gasteiger partial charge in [-0.2, -0.15) is 0 Å². The summed E-state index contributed by atoms with van der Waals surface area (Å²) < 4.78 is 41.8. The second-order valence-corrected chi connectivity index (χ2v) is 9.02. The molecule has 3 heterocycles. The number of halogens is 1. The first-order valence-electron chi connectivity index (χ1n) is 8.48. The summed E-state index contributed by atoms with van der Waals surface area (Å²) in [6, 6.07) is 9.80. The highest BCUT2D eigenvalue weighted by molar-refractivity contribution is 7.89. The van der Waals surface area contributed by atoms with Crippen molar-refractivity contribution in [1.82, 2.24) is 14.6 Å². The average Bonchev–Trinajstić information content (AvgIpc) is 3.31. The lowest BCUT2D eigenvalue weighted by molar-refractivity contribution is 0.0639. The van der Waals surface area contributed by atoms with E-state index in [0.717, 1.165) is 21.9 Å². The number of nitrogens with zero attached hydrogens (tertiary/aromatic N) is 2. The fourth-order valence-electron chi connectivity index (χ4n) is 2.99. The molecule has 0 spiro atoms. The molecule has 4 rings (SSSR count). The maximum Gasteiger partial charge on any atom is 0.280 e. The number of thiophene rings is 1. The Hall–Kier alpha value is -2.95. The van der Waals surface area contributed by atoms with Crippen LogP contribution in [-0.2, 0) is 23.1 Å². The quantitative estimate of drug-likeness (QED) is 0.605. The van der Waals surface area contributed by atoms with Crippen molar-refractivity contribution in [2.75, 3.05) is 0 Å². The van der Waals surface area contributed by atoms with Gasteiger partial charge in [-0.05, 0) is 41.3 Å². The van der Waals surface area contributed by atoms with Gasteiger partial charge in [-0.3, -0.25) is 19.5 Å². The lowest BCUT2D eigenvalue weighted by Gasteiger charge is -2.17. The van der Waals surface area contributed by atoms with Crippen molar-refractivity contribution in [2.24, 2.45) is 0 Å². The summed E-state index contributed by atoms with van der Waals surface area (Å²) in [7, 11) is -4.08. The van der Waals surface area contributed by atoms with Crippen LogP contribution in [0.4, 0.5) is 4.39 Å². The van der Waals surface area contributed by atoms with Gasteiger partial charge in [0, 0.05) is 17.6 Å². The van der Waals surface area contributed by atoms with Crippen LogP contribution in [0.15, 0.2) is 58.9 Å². The topological polar surface area (TPSA) is 96.4 Å². The van der Waals surface area contributed by atoms with Crippen LogP contribution in [0.25, 0.3) is 0 Å². The smallest absolute Gasteiger partial charge is 0.268 e. The van der Waals surface area contributed by atoms with Crippen LogP contribution in [0.5, 0.6) is 0 Å². The molecule has 1 aliphatic heterocycles. The Morgan fingerprint density at radius 2 is 1.93 bits per heavy atom. The third-order valence-electron chi connectivity index (χ3n) is 4.39. The number of benzene rings is 1. The Morgan fingerprint density at radius 3 is 2.66 bits per heavy atom. The zero-order chi connectivity index (χ0) is 20.6. The average molecular weight is 431 g/mol. The summed E-state index contributed by atoms with van der Waals surface area (Å²) in [5.41, 5.74) is 0.291. The second-order valence-electron chi connectivity index (χ2n) is 6.25. The predicted octanol–water partition coefficient (Wildman–Crippen LogP) is 2.56. The number of pyridine rings is 1. The van der Waals surface area contributed by atoms with Crippen molar-refractivity contribution in [3.05, 3.63) is 81.6 Å². The van der Waals surface area contributed by atoms with E-state index in [1.165, 1.54) is 35.7 Å². The van der Waals surface area contributed by atoms with Gasteiger partial charge in [-0.15, -0.1) is 11.3 Å². The molecule has 0 bridgehead atoms. The van der Waals surface area contributed by atoms with Crippen molar-refractivity contribution >= 4 is 33.2 Å². The van der Waals surface area contributed by atoms with Gasteiger partial charge in [0.25, 0.3) is 11.8 Å². The van der Waals surface area contributed by atoms with Crippen LogP contribution in [0.3, 0.4) is 0 Å². The molecule has 10 heteroatoms. The minimum atomic E-state index is -4.08. The first-order valence-corrected chi connectivity index (χ1v) is 10.8. The van der Waals surface area contributed by atoms with Crippen LogP contribution < -0.4 is 4.72 Å². The molecule has 3 aromatic rings. The number of hydrogen-bond acceptors (Lipinski definition) is 6. The van der Waals surface area contributed by atoms with E-state index in [4.69, 9.17) is 0 Å². The fraction of sp³-hybridized carbons (Fsp3) is 0.105. The molecule has 7 nitrogen and oxygen atoms in total. The molecule has 0 saturated carbocycles. The molecule has 29 heavy (non-hydrogen) atoms. The third-order valence-corrected chi connectivity index (χ3v) is 6.75. The Bertz CT molecular complexity index is 1170. The summed E-state index contributed by atoms with van der Waals surface area (Å²) in [5, 5.41) is 1.81. The molecule has 148 valence electrons. The van der Waals surface area contributed by atoms with Crippen molar-refractivity contribution < 1.29 is 22.4 Å². The highest BCUT2D eigenvalue weighted by atomic mass is 32.2. The van der Waals surface area contributed by atoms with E-state index in [1.54, 1.807) is 12.1 Å². The molecule has 0 unspecified atom stereocenters. The van der Waals surface area contributed by atoms with Crippen molar-refractivity contribution in [1.29, 1.82) is 0 Å². The maximum absolute atomic E-state index is 13.8. The number of sulfonamides is 1. The molecule has 1 aliphatic rings. The van der Waals surface area contributed by atoms with Gasteiger partial charge < -0.3 is 0 Å². The van der Waals surface area contributed by atoms with Gasteiger partial charge in [0.15, 0.2) is 0 Å². The van der Waals surface area contributed by atoms with Crippen LogP contribution in [0, 0.1) is 5.82 Å². The number of fused-ring (bicyclic) bond motifs is 1. The zero-order valence-corrected chi connectivity index (χ0v) is 16.5. The van der Waals surface area contributed by atoms with Crippen LogP contribution in [0.2, 0.25) is 0 Å². The van der Waals surface area contributed by atoms with Crippen LogP contribution >= 0.6 is 11.3 Å². The molecule has 0 fully saturated rings. The van der Waals surface area contributed by atoms with E-state index in [0.29, 0.717) is 0 Å². The first-order chi connectivity index (χ1) is 13.9. The Labute approximate surface area is 169 Å². The zero-order valence-electron chi connectivity index (χ0n) is 14.8. The van der Waals surface area contributed by atoms with Gasteiger partial charge in [0.1, 0.15) is 11.5 Å². The molecule has 0 saturated heterocycles. The van der Waals surface area contributed by atoms with Gasteiger partial charge >= 0.3 is 0 Å². The monoisotopic (exact) mass is 431 g/mol. The number of amides is 2. The number of nitrogens with one attached hydrogen (secondary N) is 1. The highest BCUT2D eigenvalue weighted by Crippen LogP contribution is 2.26. The van der Waals surface area contributed by atoms with E-state index in [2.05, 4.69) is 9.71 Å². The molecule has 0 atom stereocenters. The summed E-state index contributed by atoms with van der Waals surface area (Å²) in [4.78, 5) is 30.4. The standard InChI is InChI=1S/C19H14FN3O4S2/c20-13-6-5-12(11-23-18(24)15-4-1-7-21-17(15)19(23)25)16(9-13)29(26,27)22-10-14-3-2-8-28-14/h1-9,22H,10-11H2. The van der Waals surface area contributed by atoms with Gasteiger partial charge in [0.05, 0.1) is 17.0 Å². The third kappa shape index (κ3) is 3.69. The molecule has 0 radical (unpaired) electrons. The van der Waals surface area contributed by atoms with Gasteiger partial charge in [0.2, 0.25) is 10.0 Å². The van der Waals surface area contributed by atoms with Crippen molar-refractivity contribution in [3.8, 4) is 0 Å². The number of imide groups is 1. The summed E-state index contributed by atoms with van der Waals surface area (Å²) in [5.74, 6) is -1.93. The van der Waals surface area contributed by atoms with E-state index in [-0.39, 0.29) is 34.8 Å². The van der Waals surface area contributed by atoms with Crippen molar-refractivity contribution in [3.63, 3.8) is 0 Å². The predicted molar refractivity (Wildman–Crippen MR) is 103 cm³/mol.